The minimum Gasteiger partial charge on any atom is -0.508 e. The number of likely N-dealkylation sites (N-methyl/N-ethyl adjacent to an activating group) is 1. The lowest BCUT2D eigenvalue weighted by atomic mass is 10.0. The second kappa shape index (κ2) is 37.4. The molecule has 1 fully saturated rings. The van der Waals surface area contributed by atoms with Crippen molar-refractivity contribution in [3.8, 4) is 5.75 Å². The summed E-state index contributed by atoms with van der Waals surface area (Å²) in [4.78, 5) is 147. The third-order valence-electron chi connectivity index (χ3n) is 14.9. The zero-order valence-electron chi connectivity index (χ0n) is 51.7. The molecular weight excluding hydrogens is 1210 g/mol. The molecule has 16 N–H and O–H groups in total. The molecule has 1 saturated heterocycles. The summed E-state index contributed by atoms with van der Waals surface area (Å²) >= 11 is 0. The van der Waals surface area contributed by atoms with Gasteiger partial charge in [-0.25, -0.2) is 4.79 Å². The highest BCUT2D eigenvalue weighted by molar-refractivity contribution is 5.98. The number of carbonyl (C=O) groups is 10. The Morgan fingerprint density at radius 1 is 0.652 bits per heavy atom. The highest BCUT2D eigenvalue weighted by Gasteiger charge is 2.39. The summed E-state index contributed by atoms with van der Waals surface area (Å²) < 4.78 is 5.43. The number of halogens is 1. The SMILES string of the molecule is CCNC(=O)[C@@H]1CCCN1C(=O)[C@H](CCCN=C(N)N)NC(=O)[C@H](CC(C)C)NC(=O)CNC(=O)[C@H](Cc1ccc(O)cc1)NC(=O)[C@H](CO)NC(=O)[C@H](Cc1c[nH]c2ccccc12)NC(=O)[C@H](CCC(=O)NCc1ccccc1)NC(=O)OCc1ccccc1.Cl. The number of nitrogens with two attached hydrogens (primary N) is 2. The smallest absolute Gasteiger partial charge is 0.408 e. The first-order chi connectivity index (χ1) is 43.7. The fraction of sp³-hybridized carbons (Fsp3) is 0.422. The van der Waals surface area contributed by atoms with E-state index in [1.807, 2.05) is 44.2 Å². The topological polar surface area (TPSA) is 412 Å². The van der Waals surface area contributed by atoms with E-state index in [1.54, 1.807) is 67.7 Å². The summed E-state index contributed by atoms with van der Waals surface area (Å²) in [5.74, 6) is -7.09. The Balaban J connectivity index is 0.0000154. The van der Waals surface area contributed by atoms with Crippen LogP contribution in [0.25, 0.3) is 10.9 Å². The number of phenols is 1. The monoisotopic (exact) mass is 1290 g/mol. The van der Waals surface area contributed by atoms with Crippen LogP contribution in [0.4, 0.5) is 4.79 Å². The van der Waals surface area contributed by atoms with Crippen LogP contribution in [0.5, 0.6) is 5.75 Å². The average molecular weight is 1290 g/mol. The second-order valence-electron chi connectivity index (χ2n) is 22.4. The van der Waals surface area contributed by atoms with E-state index in [0.29, 0.717) is 47.0 Å². The number of guanidine groups is 1. The number of aromatic nitrogens is 1. The van der Waals surface area contributed by atoms with Crippen molar-refractivity contribution >= 4 is 88.5 Å². The minimum absolute atomic E-state index is 0. The van der Waals surface area contributed by atoms with Crippen LogP contribution < -0.4 is 59.3 Å². The van der Waals surface area contributed by atoms with Gasteiger partial charge < -0.3 is 84.2 Å². The number of ether oxygens (including phenoxy) is 1. The molecule has 0 aliphatic carbocycles. The van der Waals surface area contributed by atoms with Crippen molar-refractivity contribution in [1.82, 2.24) is 57.7 Å². The van der Waals surface area contributed by atoms with Gasteiger partial charge in [-0.05, 0) is 91.8 Å². The number of aliphatic imine (C=N–C) groups is 1. The van der Waals surface area contributed by atoms with E-state index in [4.69, 9.17) is 16.2 Å². The number of rotatable bonds is 34. The number of H-pyrrole nitrogens is 1. The third-order valence-corrected chi connectivity index (χ3v) is 14.9. The normalized spacial score (nSPS) is 14.5. The van der Waals surface area contributed by atoms with Crippen LogP contribution in [0.15, 0.2) is 120 Å². The van der Waals surface area contributed by atoms with Crippen LogP contribution in [-0.2, 0) is 73.9 Å². The van der Waals surface area contributed by atoms with E-state index in [0.717, 1.165) is 5.56 Å². The zero-order valence-corrected chi connectivity index (χ0v) is 52.6. The molecule has 7 atom stereocenters. The Hall–Kier alpha value is -9.76. The molecule has 0 radical (unpaired) electrons. The molecule has 2 heterocycles. The van der Waals surface area contributed by atoms with Crippen molar-refractivity contribution in [3.63, 3.8) is 0 Å². The number of nitrogens with zero attached hydrogens (tertiary/aromatic N) is 2. The van der Waals surface area contributed by atoms with Gasteiger partial charge in [0.25, 0.3) is 0 Å². The van der Waals surface area contributed by atoms with Gasteiger partial charge in [0, 0.05) is 62.5 Å². The third kappa shape index (κ3) is 23.6. The molecule has 1 aromatic heterocycles. The van der Waals surface area contributed by atoms with E-state index in [9.17, 15) is 58.2 Å². The standard InChI is InChI=1S/C64H84N14O13.ClH/c1-4-67-61(88)53-22-14-30-78(53)62(89)48(21-13-29-68-63(65)66)73-58(85)49(31-39(2)3)72-55(82)36-71-56(83)50(32-40-23-25-44(80)26-24-40)74-60(87)52(37-79)76-59(86)51(33-43-35-69-46-20-12-11-19-45(43)46)75-57(84)47(77-64(90)91-38-42-17-9-6-10-18-42)27-28-54(81)70-34-41-15-7-5-8-16-41;/h5-12,15-20,23-26,35,39,47-53,69,79-80H,4,13-14,21-22,27-34,36-38H2,1-3H3,(H,67,88)(H,70,81)(H,71,83)(H,72,82)(H,73,85)(H,74,87)(H,75,84)(H,76,86)(H,77,90)(H4,65,66,68);1H/t47-,48-,49-,50-,51-,52-,53-;/m0./s1. The fourth-order valence-corrected chi connectivity index (χ4v) is 10.2. The molecule has 4 aromatic carbocycles. The maximum absolute atomic E-state index is 14.6. The van der Waals surface area contributed by atoms with E-state index >= 15 is 0 Å². The first kappa shape index (κ1) is 73.0. The quantitative estimate of drug-likeness (QED) is 0.0157. The van der Waals surface area contributed by atoms with Crippen LogP contribution in [0.3, 0.4) is 0 Å². The number of carbonyl (C=O) groups excluding carboxylic acids is 10. The number of aliphatic hydroxyl groups excluding tert-OH is 1. The number of phenolic OH excluding ortho intramolecular Hbond substituents is 1. The second-order valence-corrected chi connectivity index (χ2v) is 22.4. The van der Waals surface area contributed by atoms with Gasteiger partial charge >= 0.3 is 6.09 Å². The predicted octanol–water partition coefficient (Wildman–Crippen LogP) is 1.23. The van der Waals surface area contributed by atoms with Crippen LogP contribution in [0.1, 0.15) is 88.0 Å². The number of para-hydroxylation sites is 1. The van der Waals surface area contributed by atoms with Crippen LogP contribution in [-0.4, -0.2) is 160 Å². The number of fused-ring (bicyclic) bond motifs is 1. The number of aliphatic hydroxyl groups is 1. The molecule has 27 nitrogen and oxygen atoms in total. The highest BCUT2D eigenvalue weighted by atomic mass is 35.5. The first-order valence-corrected chi connectivity index (χ1v) is 30.3. The van der Waals surface area contributed by atoms with Crippen LogP contribution >= 0.6 is 12.4 Å². The van der Waals surface area contributed by atoms with Gasteiger partial charge in [-0.3, -0.25) is 48.1 Å². The Morgan fingerprint density at radius 2 is 1.26 bits per heavy atom. The van der Waals surface area contributed by atoms with Crippen molar-refractivity contribution in [2.24, 2.45) is 22.4 Å². The number of hydrogen-bond donors (Lipinski definition) is 14. The van der Waals surface area contributed by atoms with Gasteiger partial charge in [0.05, 0.1) is 13.2 Å². The number of likely N-dealkylation sites (tertiary alicyclic amines) is 1. The van der Waals surface area contributed by atoms with E-state index in [2.05, 4.69) is 57.8 Å². The zero-order chi connectivity index (χ0) is 65.8. The fourth-order valence-electron chi connectivity index (χ4n) is 10.2. The van der Waals surface area contributed by atoms with Crippen molar-refractivity contribution in [3.05, 3.63) is 138 Å². The van der Waals surface area contributed by atoms with E-state index in [1.165, 1.54) is 29.2 Å². The number of aromatic amines is 1. The maximum atomic E-state index is 14.6. The van der Waals surface area contributed by atoms with Crippen molar-refractivity contribution in [2.45, 2.75) is 134 Å². The van der Waals surface area contributed by atoms with Crippen molar-refractivity contribution < 1.29 is 62.9 Å². The Morgan fingerprint density at radius 3 is 1.92 bits per heavy atom. The van der Waals surface area contributed by atoms with Crippen molar-refractivity contribution in [2.75, 3.05) is 32.8 Å². The summed E-state index contributed by atoms with van der Waals surface area (Å²) in [6.07, 6.45) is 1.15. The van der Waals surface area contributed by atoms with Crippen LogP contribution in [0.2, 0.25) is 0 Å². The molecule has 6 rings (SSSR count). The number of amides is 10. The number of alkyl carbamates (subject to hydrolysis) is 1. The molecule has 496 valence electrons. The largest absolute Gasteiger partial charge is 0.508 e. The Bertz CT molecular complexity index is 3300. The highest BCUT2D eigenvalue weighted by Crippen LogP contribution is 2.22. The number of benzene rings is 4. The molecular formula is C64H85ClN14O13. The molecule has 92 heavy (non-hydrogen) atoms. The lowest BCUT2D eigenvalue weighted by Gasteiger charge is -2.30. The van der Waals surface area contributed by atoms with Gasteiger partial charge in [-0.15, -0.1) is 12.4 Å². The predicted molar refractivity (Wildman–Crippen MR) is 345 cm³/mol. The summed E-state index contributed by atoms with van der Waals surface area (Å²) in [5, 5.41) is 45.2. The Kier molecular flexibility index (Phi) is 29.7. The molecule has 1 aliphatic heterocycles. The molecule has 28 heteroatoms. The Labute approximate surface area is 539 Å². The molecule has 5 aromatic rings. The molecule has 0 unspecified atom stereocenters. The van der Waals surface area contributed by atoms with Gasteiger partial charge in [0.2, 0.25) is 53.2 Å². The lowest BCUT2D eigenvalue weighted by molar-refractivity contribution is -0.142. The number of nitrogens with one attached hydrogen (secondary N) is 10. The van der Waals surface area contributed by atoms with Gasteiger partial charge in [0.1, 0.15) is 54.6 Å². The molecule has 0 saturated carbocycles. The van der Waals surface area contributed by atoms with E-state index < -0.39 is 109 Å². The molecule has 1 aliphatic rings. The maximum Gasteiger partial charge on any atom is 0.408 e. The lowest BCUT2D eigenvalue weighted by Crippen LogP contribution is -2.60. The molecule has 0 bridgehead atoms. The first-order valence-electron chi connectivity index (χ1n) is 30.3. The summed E-state index contributed by atoms with van der Waals surface area (Å²) in [6.45, 7) is 4.46. The minimum atomic E-state index is -1.77. The summed E-state index contributed by atoms with van der Waals surface area (Å²) in [5.41, 5.74) is 14.2. The van der Waals surface area contributed by atoms with Crippen molar-refractivity contribution in [1.29, 1.82) is 0 Å². The average Bonchev–Trinajstić information content (AvgIpc) is 1.78. The number of hydrogen-bond acceptors (Lipinski definition) is 14. The van der Waals surface area contributed by atoms with Gasteiger partial charge in [-0.1, -0.05) is 105 Å². The molecule has 0 spiro atoms. The summed E-state index contributed by atoms with van der Waals surface area (Å²) in [7, 11) is 0. The summed E-state index contributed by atoms with van der Waals surface area (Å²) in [6, 6.07) is 21.4. The van der Waals surface area contributed by atoms with Gasteiger partial charge in [0.15, 0.2) is 5.96 Å². The van der Waals surface area contributed by atoms with E-state index in [-0.39, 0.29) is 107 Å². The molecule has 10 amide bonds. The van der Waals surface area contributed by atoms with Crippen LogP contribution in [0, 0.1) is 5.92 Å². The number of aromatic hydroxyl groups is 1. The van der Waals surface area contributed by atoms with Gasteiger partial charge in [-0.2, -0.15) is 0 Å².